The third-order valence-corrected chi connectivity index (χ3v) is 15.7. The number of benzene rings is 6. The van der Waals surface area contributed by atoms with E-state index in [2.05, 4.69) is 208 Å². The van der Waals surface area contributed by atoms with Crippen LogP contribution in [0, 0.1) is 6.92 Å². The lowest BCUT2D eigenvalue weighted by atomic mass is 9.35. The second-order valence-corrected chi connectivity index (χ2v) is 22.4. The molecule has 3 heterocycles. The molecule has 1 aromatic heterocycles. The first-order valence-electron chi connectivity index (χ1n) is 22.7. The zero-order chi connectivity index (χ0) is 42.9. The van der Waals surface area contributed by atoms with Gasteiger partial charge in [-0.2, -0.15) is 0 Å². The summed E-state index contributed by atoms with van der Waals surface area (Å²) in [5.74, 6) is 0.941. The summed E-state index contributed by atoms with van der Waals surface area (Å²) >= 11 is 2.00. The maximum absolute atomic E-state index is 2.69. The Hall–Kier alpha value is -5.06. The van der Waals surface area contributed by atoms with Gasteiger partial charge in [-0.1, -0.05) is 143 Å². The smallest absolute Gasteiger partial charge is 0.264 e. The number of hydrogen-bond donors (Lipinski definition) is 0. The van der Waals surface area contributed by atoms with Crippen LogP contribution in [-0.2, 0) is 16.2 Å². The zero-order valence-corrected chi connectivity index (χ0v) is 39.2. The summed E-state index contributed by atoms with van der Waals surface area (Å²) in [6.07, 6.45) is 2.36. The molecule has 61 heavy (non-hydrogen) atoms. The fourth-order valence-corrected chi connectivity index (χ4v) is 12.0. The maximum Gasteiger partial charge on any atom is 0.264 e. The van der Waals surface area contributed by atoms with Crippen LogP contribution in [0.2, 0.25) is 0 Å². The van der Waals surface area contributed by atoms with E-state index in [4.69, 9.17) is 0 Å². The molecule has 0 fully saturated rings. The second-order valence-electron chi connectivity index (χ2n) is 21.4. The Kier molecular flexibility index (Phi) is 9.18. The molecule has 10 rings (SSSR count). The van der Waals surface area contributed by atoms with Crippen molar-refractivity contribution >= 4 is 78.0 Å². The quantitative estimate of drug-likeness (QED) is 0.160. The number of hydrogen-bond acceptors (Lipinski definition) is 3. The molecule has 3 aliphatic rings. The van der Waals surface area contributed by atoms with E-state index in [9.17, 15) is 0 Å². The number of nitrogens with zero attached hydrogens (tertiary/aromatic N) is 2. The highest BCUT2D eigenvalue weighted by Gasteiger charge is 2.48. The minimum atomic E-state index is -0.00354. The van der Waals surface area contributed by atoms with Gasteiger partial charge in [-0.15, -0.1) is 11.3 Å². The molecule has 2 aliphatic heterocycles. The van der Waals surface area contributed by atoms with Gasteiger partial charge in [0.2, 0.25) is 0 Å². The molecular formula is C57H61BN2S. The van der Waals surface area contributed by atoms with Gasteiger partial charge in [0, 0.05) is 43.2 Å². The monoisotopic (exact) mass is 816 g/mol. The van der Waals surface area contributed by atoms with Crippen LogP contribution >= 0.6 is 11.3 Å². The molecule has 0 amide bonds. The van der Waals surface area contributed by atoms with E-state index in [0.29, 0.717) is 11.8 Å². The minimum Gasteiger partial charge on any atom is -0.311 e. The first kappa shape index (κ1) is 40.0. The van der Waals surface area contributed by atoms with Crippen molar-refractivity contribution in [2.24, 2.45) is 0 Å². The molecule has 1 aliphatic carbocycles. The molecule has 0 saturated carbocycles. The van der Waals surface area contributed by atoms with Crippen LogP contribution in [-0.4, -0.2) is 6.71 Å². The topological polar surface area (TPSA) is 6.48 Å². The van der Waals surface area contributed by atoms with Gasteiger partial charge in [-0.3, -0.25) is 0 Å². The molecule has 6 aromatic carbocycles. The van der Waals surface area contributed by atoms with E-state index in [1.54, 1.807) is 0 Å². The molecule has 308 valence electrons. The molecule has 0 bridgehead atoms. The Morgan fingerprint density at radius 2 is 1.21 bits per heavy atom. The largest absolute Gasteiger partial charge is 0.311 e. The van der Waals surface area contributed by atoms with Gasteiger partial charge in [0.1, 0.15) is 0 Å². The molecular weight excluding hydrogens is 756 g/mol. The SMILES string of the molecule is Cc1cc2c3c(c1)N(c1ccc(C(C)C)cc1)c1c(sc4ccccc14)B3c1cc3c(cc1N2c1ccc(C(C)(C)C)cc1-c1ccc(C(C)C)cc1)C(C)(C)CCC3(C)C. The lowest BCUT2D eigenvalue weighted by Crippen LogP contribution is -2.61. The molecule has 0 atom stereocenters. The van der Waals surface area contributed by atoms with Crippen LogP contribution in [0.5, 0.6) is 0 Å². The number of fused-ring (bicyclic) bond motifs is 7. The normalized spacial score (nSPS) is 16.2. The molecule has 4 heteroatoms. The molecule has 7 aromatic rings. The Labute approximate surface area is 369 Å². The Bertz CT molecular complexity index is 2870. The van der Waals surface area contributed by atoms with Crippen molar-refractivity contribution in [2.45, 2.75) is 124 Å². The van der Waals surface area contributed by atoms with E-state index in [0.717, 1.165) is 0 Å². The highest BCUT2D eigenvalue weighted by molar-refractivity contribution is 7.33. The molecule has 0 radical (unpaired) electrons. The molecule has 0 unspecified atom stereocenters. The van der Waals surface area contributed by atoms with Gasteiger partial charge >= 0.3 is 0 Å². The summed E-state index contributed by atoms with van der Waals surface area (Å²) in [6, 6.07) is 45.5. The Morgan fingerprint density at radius 1 is 0.623 bits per heavy atom. The average Bonchev–Trinajstić information content (AvgIpc) is 3.61. The standard InChI is InChI=1S/C57H61BN2S/c1-34(2)37-17-19-39(20-18-37)43-31-40(55(6,7)8)23-26-47(43)60-48-33-45-44(56(9,10)27-28-57(45,11)12)32-46(48)58-52-49(29-36(5)30-50(52)60)59(41-24-21-38(22-25-41)35(3)4)53-42-15-13-14-16-51(42)61-54(53)58/h13-26,29-35H,27-28H2,1-12H3. The second kappa shape index (κ2) is 14.0. The van der Waals surface area contributed by atoms with Gasteiger partial charge in [-0.25, -0.2) is 0 Å². The highest BCUT2D eigenvalue weighted by atomic mass is 32.1. The molecule has 2 nitrogen and oxygen atoms in total. The van der Waals surface area contributed by atoms with Gasteiger partial charge < -0.3 is 9.80 Å². The summed E-state index contributed by atoms with van der Waals surface area (Å²) in [6.45, 7) is 28.5. The van der Waals surface area contributed by atoms with Crippen molar-refractivity contribution in [1.29, 1.82) is 0 Å². The van der Waals surface area contributed by atoms with Crippen LogP contribution in [0.3, 0.4) is 0 Å². The summed E-state index contributed by atoms with van der Waals surface area (Å²) in [5, 5.41) is 1.33. The third kappa shape index (κ3) is 6.33. The maximum atomic E-state index is 2.69. The summed E-state index contributed by atoms with van der Waals surface area (Å²) in [5.41, 5.74) is 21.5. The van der Waals surface area contributed by atoms with Gasteiger partial charge in [-0.05, 0) is 146 Å². The minimum absolute atomic E-state index is 0.00354. The molecule has 0 N–H and O–H groups in total. The van der Waals surface area contributed by atoms with Crippen molar-refractivity contribution in [3.8, 4) is 11.1 Å². The fourth-order valence-electron chi connectivity index (χ4n) is 10.6. The average molecular weight is 817 g/mol. The van der Waals surface area contributed by atoms with Crippen molar-refractivity contribution in [3.63, 3.8) is 0 Å². The van der Waals surface area contributed by atoms with E-state index < -0.39 is 0 Å². The van der Waals surface area contributed by atoms with E-state index in [1.165, 1.54) is 117 Å². The predicted molar refractivity (Wildman–Crippen MR) is 268 cm³/mol. The molecule has 0 saturated heterocycles. The Morgan fingerprint density at radius 3 is 1.84 bits per heavy atom. The fraction of sp³-hybridized carbons (Fsp3) is 0.333. The van der Waals surface area contributed by atoms with Gasteiger partial charge in [0.25, 0.3) is 6.71 Å². The number of thiophene rings is 1. The number of rotatable bonds is 5. The van der Waals surface area contributed by atoms with Gasteiger partial charge in [0.05, 0.1) is 11.4 Å². The highest BCUT2D eigenvalue weighted by Crippen LogP contribution is 2.53. The first-order chi connectivity index (χ1) is 28.9. The lowest BCUT2D eigenvalue weighted by molar-refractivity contribution is 0.332. The number of aryl methyl sites for hydroxylation is 1. The van der Waals surface area contributed by atoms with Gasteiger partial charge in [0.15, 0.2) is 0 Å². The van der Waals surface area contributed by atoms with Crippen LogP contribution in [0.1, 0.15) is 134 Å². The summed E-state index contributed by atoms with van der Waals surface area (Å²) in [7, 11) is 0. The van der Waals surface area contributed by atoms with Crippen LogP contribution in [0.15, 0.2) is 115 Å². The number of anilines is 6. The van der Waals surface area contributed by atoms with Crippen molar-refractivity contribution in [3.05, 3.63) is 149 Å². The zero-order valence-electron chi connectivity index (χ0n) is 38.4. The van der Waals surface area contributed by atoms with Crippen LogP contribution < -0.4 is 25.5 Å². The summed E-state index contributed by atoms with van der Waals surface area (Å²) in [4.78, 5) is 5.30. The van der Waals surface area contributed by atoms with Crippen molar-refractivity contribution in [2.75, 3.05) is 9.80 Å². The van der Waals surface area contributed by atoms with Crippen molar-refractivity contribution in [1.82, 2.24) is 0 Å². The summed E-state index contributed by atoms with van der Waals surface area (Å²) < 4.78 is 2.78. The first-order valence-corrected chi connectivity index (χ1v) is 23.5. The van der Waals surface area contributed by atoms with Crippen molar-refractivity contribution < 1.29 is 0 Å². The van der Waals surface area contributed by atoms with Crippen LogP contribution in [0.25, 0.3) is 21.2 Å². The lowest BCUT2D eigenvalue weighted by Gasteiger charge is -2.47. The van der Waals surface area contributed by atoms with E-state index in [1.807, 2.05) is 11.3 Å². The van der Waals surface area contributed by atoms with E-state index >= 15 is 0 Å². The van der Waals surface area contributed by atoms with E-state index in [-0.39, 0.29) is 23.0 Å². The molecule has 0 spiro atoms. The Balaban J connectivity index is 1.33. The van der Waals surface area contributed by atoms with Crippen LogP contribution in [0.4, 0.5) is 34.1 Å². The third-order valence-electron chi connectivity index (χ3n) is 14.5. The predicted octanol–water partition coefficient (Wildman–Crippen LogP) is 14.9.